The lowest BCUT2D eigenvalue weighted by atomic mass is 10.2. The molecule has 8 heteroatoms. The number of carbonyl (C=O) groups excluding carboxylic acids is 2. The number of hydrogen-bond acceptors (Lipinski definition) is 4. The van der Waals surface area contributed by atoms with Crippen molar-refractivity contribution < 1.29 is 14.7 Å². The van der Waals surface area contributed by atoms with Gasteiger partial charge in [0.2, 0.25) is 11.8 Å². The van der Waals surface area contributed by atoms with E-state index in [-0.39, 0.29) is 24.5 Å². The maximum atomic E-state index is 11.8. The molecule has 2 amide bonds. The van der Waals surface area contributed by atoms with Crippen LogP contribution in [0.4, 0.5) is 5.69 Å². The summed E-state index contributed by atoms with van der Waals surface area (Å²) in [6.45, 7) is 0. The molecule has 2 rings (SSSR count). The Morgan fingerprint density at radius 2 is 1.72 bits per heavy atom. The van der Waals surface area contributed by atoms with Crippen molar-refractivity contribution in [2.45, 2.75) is 12.8 Å². The Hall–Kier alpha value is -2.57. The summed E-state index contributed by atoms with van der Waals surface area (Å²) in [5, 5.41) is 16.3. The molecule has 0 radical (unpaired) electrons. The summed E-state index contributed by atoms with van der Waals surface area (Å²) in [7, 11) is 0. The average Bonchev–Trinajstić information content (AvgIpc) is 2.57. The van der Waals surface area contributed by atoms with Gasteiger partial charge in [-0.05, 0) is 48.0 Å². The van der Waals surface area contributed by atoms with Crippen molar-refractivity contribution in [3.05, 3.63) is 58.1 Å². The van der Waals surface area contributed by atoms with E-state index in [1.165, 1.54) is 24.4 Å². The Morgan fingerprint density at radius 1 is 1.04 bits per heavy atom. The number of anilines is 1. The number of rotatable bonds is 6. The molecule has 0 saturated carbocycles. The third kappa shape index (κ3) is 6.45. The molecule has 0 bridgehead atoms. The monoisotopic (exact) mass is 379 g/mol. The molecule has 0 aliphatic carbocycles. The Kier molecular flexibility index (Phi) is 6.80. The van der Waals surface area contributed by atoms with Crippen LogP contribution in [-0.4, -0.2) is 23.1 Å². The van der Waals surface area contributed by atoms with Crippen LogP contribution in [0.1, 0.15) is 18.4 Å². The quantitative estimate of drug-likeness (QED) is 0.529. The van der Waals surface area contributed by atoms with Crippen molar-refractivity contribution >= 4 is 46.9 Å². The SMILES string of the molecule is O=C(CCC(=O)Nc1ccc(Cl)cc1Cl)N/N=C/c1ccc(O)cc1. The number of carbonyl (C=O) groups is 2. The molecule has 130 valence electrons. The molecule has 0 saturated heterocycles. The highest BCUT2D eigenvalue weighted by Gasteiger charge is 2.09. The van der Waals surface area contributed by atoms with E-state index < -0.39 is 5.91 Å². The summed E-state index contributed by atoms with van der Waals surface area (Å²) in [6, 6.07) is 11.0. The number of nitrogens with zero attached hydrogens (tertiary/aromatic N) is 1. The van der Waals surface area contributed by atoms with Gasteiger partial charge in [0.1, 0.15) is 5.75 Å². The molecule has 0 aliphatic heterocycles. The standard InChI is InChI=1S/C17H15Cl2N3O3/c18-12-3-6-15(14(19)9-12)21-16(24)7-8-17(25)22-20-10-11-1-4-13(23)5-2-11/h1-6,9-10,23H,7-8H2,(H,21,24)(H,22,25)/b20-10+. The van der Waals surface area contributed by atoms with Gasteiger partial charge in [-0.2, -0.15) is 5.10 Å². The number of hydrazone groups is 1. The first-order valence-electron chi connectivity index (χ1n) is 7.30. The fourth-order valence-corrected chi connectivity index (χ4v) is 2.28. The number of hydrogen-bond donors (Lipinski definition) is 3. The molecule has 0 atom stereocenters. The topological polar surface area (TPSA) is 90.8 Å². The van der Waals surface area contributed by atoms with Crippen LogP contribution in [-0.2, 0) is 9.59 Å². The van der Waals surface area contributed by atoms with E-state index in [0.29, 0.717) is 21.3 Å². The molecule has 0 aliphatic rings. The van der Waals surface area contributed by atoms with Crippen LogP contribution in [0.2, 0.25) is 10.0 Å². The first-order valence-corrected chi connectivity index (χ1v) is 8.05. The van der Waals surface area contributed by atoms with E-state index in [9.17, 15) is 9.59 Å². The largest absolute Gasteiger partial charge is 0.508 e. The first-order chi connectivity index (χ1) is 11.9. The molecule has 6 nitrogen and oxygen atoms in total. The minimum absolute atomic E-state index is 0.0144. The van der Waals surface area contributed by atoms with Crippen LogP contribution in [0.3, 0.4) is 0 Å². The van der Waals surface area contributed by atoms with Crippen molar-refractivity contribution in [1.82, 2.24) is 5.43 Å². The molecule has 0 heterocycles. The van der Waals surface area contributed by atoms with Gasteiger partial charge in [-0.3, -0.25) is 9.59 Å². The Labute approximate surface area is 154 Å². The van der Waals surface area contributed by atoms with E-state index in [2.05, 4.69) is 15.8 Å². The van der Waals surface area contributed by atoms with Crippen LogP contribution in [0.15, 0.2) is 47.6 Å². The fraction of sp³-hybridized carbons (Fsp3) is 0.118. The molecule has 0 fully saturated rings. The van der Waals surface area contributed by atoms with Crippen LogP contribution in [0.25, 0.3) is 0 Å². The lowest BCUT2D eigenvalue weighted by Crippen LogP contribution is -2.20. The number of halogens is 2. The first kappa shape index (κ1) is 18.8. The Morgan fingerprint density at radius 3 is 2.40 bits per heavy atom. The molecule has 25 heavy (non-hydrogen) atoms. The maximum absolute atomic E-state index is 11.8. The van der Waals surface area contributed by atoms with Crippen LogP contribution in [0.5, 0.6) is 5.75 Å². The van der Waals surface area contributed by atoms with Gasteiger partial charge in [0, 0.05) is 17.9 Å². The Balaban J connectivity index is 1.75. The highest BCUT2D eigenvalue weighted by atomic mass is 35.5. The summed E-state index contributed by atoms with van der Waals surface area (Å²) in [5.74, 6) is -0.595. The highest BCUT2D eigenvalue weighted by molar-refractivity contribution is 6.36. The second kappa shape index (κ2) is 9.05. The van der Waals surface area contributed by atoms with E-state index in [1.807, 2.05) is 0 Å². The molecule has 2 aromatic carbocycles. The minimum Gasteiger partial charge on any atom is -0.508 e. The van der Waals surface area contributed by atoms with Gasteiger partial charge < -0.3 is 10.4 Å². The van der Waals surface area contributed by atoms with E-state index in [1.54, 1.807) is 24.3 Å². The summed E-state index contributed by atoms with van der Waals surface area (Å²) in [6.07, 6.45) is 1.40. The zero-order chi connectivity index (χ0) is 18.2. The lowest BCUT2D eigenvalue weighted by Gasteiger charge is -2.07. The third-order valence-corrected chi connectivity index (χ3v) is 3.63. The third-order valence-electron chi connectivity index (χ3n) is 3.08. The zero-order valence-electron chi connectivity index (χ0n) is 13.0. The van der Waals surface area contributed by atoms with Crippen LogP contribution >= 0.6 is 23.2 Å². The van der Waals surface area contributed by atoms with Crippen molar-refractivity contribution in [2.24, 2.45) is 5.10 Å². The highest BCUT2D eigenvalue weighted by Crippen LogP contribution is 2.25. The molecular weight excluding hydrogens is 365 g/mol. The van der Waals surface area contributed by atoms with E-state index >= 15 is 0 Å². The van der Waals surface area contributed by atoms with Gasteiger partial charge in [-0.25, -0.2) is 5.43 Å². The average molecular weight is 380 g/mol. The van der Waals surface area contributed by atoms with Crippen molar-refractivity contribution in [3.8, 4) is 5.75 Å². The summed E-state index contributed by atoms with van der Waals surface area (Å²) < 4.78 is 0. The molecular formula is C17H15Cl2N3O3. The predicted octanol–water partition coefficient (Wildman–Crippen LogP) is 3.57. The number of aromatic hydroxyl groups is 1. The Bertz CT molecular complexity index is 792. The van der Waals surface area contributed by atoms with E-state index in [0.717, 1.165) is 0 Å². The maximum Gasteiger partial charge on any atom is 0.240 e. The van der Waals surface area contributed by atoms with Crippen LogP contribution < -0.4 is 10.7 Å². The lowest BCUT2D eigenvalue weighted by molar-refractivity contribution is -0.124. The number of benzene rings is 2. The van der Waals surface area contributed by atoms with Gasteiger partial charge in [0.15, 0.2) is 0 Å². The molecule has 0 aromatic heterocycles. The van der Waals surface area contributed by atoms with Gasteiger partial charge in [0.25, 0.3) is 0 Å². The number of amides is 2. The molecule has 2 aromatic rings. The zero-order valence-corrected chi connectivity index (χ0v) is 14.5. The second-order valence-electron chi connectivity index (χ2n) is 5.06. The van der Waals surface area contributed by atoms with Gasteiger partial charge in [-0.15, -0.1) is 0 Å². The normalized spacial score (nSPS) is 10.6. The van der Waals surface area contributed by atoms with E-state index in [4.69, 9.17) is 28.3 Å². The predicted molar refractivity (Wildman–Crippen MR) is 98.2 cm³/mol. The number of phenols is 1. The van der Waals surface area contributed by atoms with Crippen molar-refractivity contribution in [1.29, 1.82) is 0 Å². The van der Waals surface area contributed by atoms with Gasteiger partial charge in [0.05, 0.1) is 16.9 Å². The van der Waals surface area contributed by atoms with Crippen molar-refractivity contribution in [3.63, 3.8) is 0 Å². The number of nitrogens with one attached hydrogen (secondary N) is 2. The van der Waals surface area contributed by atoms with Crippen molar-refractivity contribution in [2.75, 3.05) is 5.32 Å². The second-order valence-corrected chi connectivity index (χ2v) is 5.90. The molecule has 3 N–H and O–H groups in total. The summed E-state index contributed by atoms with van der Waals surface area (Å²) in [5.41, 5.74) is 3.48. The fourth-order valence-electron chi connectivity index (χ4n) is 1.83. The molecule has 0 spiro atoms. The van der Waals surface area contributed by atoms with Gasteiger partial charge >= 0.3 is 0 Å². The molecule has 0 unspecified atom stereocenters. The summed E-state index contributed by atoms with van der Waals surface area (Å²) >= 11 is 11.7. The minimum atomic E-state index is -0.396. The van der Waals surface area contributed by atoms with Crippen LogP contribution in [0, 0.1) is 0 Å². The summed E-state index contributed by atoms with van der Waals surface area (Å²) in [4.78, 5) is 23.5. The van der Waals surface area contributed by atoms with Gasteiger partial charge in [-0.1, -0.05) is 23.2 Å². The smallest absolute Gasteiger partial charge is 0.240 e. The number of phenolic OH excluding ortho intramolecular Hbond substituents is 1.